The number of hydrogen-bond acceptors (Lipinski definition) is 5. The number of carboxylic acids is 1. The summed E-state index contributed by atoms with van der Waals surface area (Å²) in [6, 6.07) is 22.5. The number of benzene rings is 4. The predicted molar refractivity (Wildman–Crippen MR) is 139 cm³/mol. The molecule has 0 aliphatic heterocycles. The Morgan fingerprint density at radius 3 is 2.36 bits per heavy atom. The molecular formula is C28H20FNO5S. The number of nitro groups is 1. The molecule has 4 rings (SSSR count). The maximum absolute atomic E-state index is 13.3. The van der Waals surface area contributed by atoms with Crippen LogP contribution in [0.5, 0.6) is 11.5 Å². The zero-order chi connectivity index (χ0) is 25.7. The van der Waals surface area contributed by atoms with Crippen LogP contribution in [0, 0.1) is 15.9 Å². The third-order valence-corrected chi connectivity index (χ3v) is 6.16. The lowest BCUT2D eigenvalue weighted by Crippen LogP contribution is -1.99. The first-order chi connectivity index (χ1) is 17.4. The number of carboxylic acid groups (broad SMARTS) is 1. The number of carbonyl (C=O) groups is 1. The van der Waals surface area contributed by atoms with Crippen molar-refractivity contribution >= 4 is 35.6 Å². The van der Waals surface area contributed by atoms with Crippen molar-refractivity contribution in [2.75, 3.05) is 6.26 Å². The van der Waals surface area contributed by atoms with E-state index in [1.807, 2.05) is 18.4 Å². The van der Waals surface area contributed by atoms with Gasteiger partial charge in [-0.1, -0.05) is 48.6 Å². The molecule has 0 radical (unpaired) electrons. The molecule has 1 N–H and O–H groups in total. The molecule has 0 aliphatic carbocycles. The first-order valence-electron chi connectivity index (χ1n) is 10.8. The molecule has 0 atom stereocenters. The second-order valence-electron chi connectivity index (χ2n) is 7.68. The van der Waals surface area contributed by atoms with E-state index in [0.717, 1.165) is 10.5 Å². The summed E-state index contributed by atoms with van der Waals surface area (Å²) in [5.74, 6) is -0.863. The lowest BCUT2D eigenvalue weighted by atomic mass is 9.98. The molecule has 36 heavy (non-hydrogen) atoms. The Labute approximate surface area is 210 Å². The predicted octanol–water partition coefficient (Wildman–Crippen LogP) is 7.78. The minimum absolute atomic E-state index is 0.0697. The fourth-order valence-electron chi connectivity index (χ4n) is 3.59. The maximum Gasteiger partial charge on any atom is 0.336 e. The number of halogens is 1. The van der Waals surface area contributed by atoms with E-state index < -0.39 is 10.9 Å². The van der Waals surface area contributed by atoms with Gasteiger partial charge in [0.1, 0.15) is 11.6 Å². The fraction of sp³-hybridized carbons (Fsp3) is 0.0357. The molecule has 4 aromatic rings. The molecule has 0 saturated heterocycles. The van der Waals surface area contributed by atoms with Crippen molar-refractivity contribution in [3.63, 3.8) is 0 Å². The molecule has 0 spiro atoms. The summed E-state index contributed by atoms with van der Waals surface area (Å²) in [5.41, 5.74) is 2.19. The SMILES string of the molecule is CSc1ccccc1Oc1ccc(/C=C/c2cc(-c3ccc(F)cc3)ccc2C(=O)O)cc1[N+](=O)[O-]. The lowest BCUT2D eigenvalue weighted by Gasteiger charge is -2.10. The van der Waals surface area contributed by atoms with Gasteiger partial charge >= 0.3 is 11.7 Å². The van der Waals surface area contributed by atoms with Gasteiger partial charge in [0.05, 0.1) is 10.5 Å². The third kappa shape index (κ3) is 5.61. The molecule has 0 aromatic heterocycles. The highest BCUT2D eigenvalue weighted by Crippen LogP contribution is 2.36. The maximum atomic E-state index is 13.3. The van der Waals surface area contributed by atoms with Crippen LogP contribution in [0.2, 0.25) is 0 Å². The average Bonchev–Trinajstić information content (AvgIpc) is 2.88. The van der Waals surface area contributed by atoms with Crippen LogP contribution in [0.4, 0.5) is 10.1 Å². The number of aromatic carboxylic acids is 1. The van der Waals surface area contributed by atoms with E-state index in [1.54, 1.807) is 54.6 Å². The molecule has 0 saturated carbocycles. The van der Waals surface area contributed by atoms with E-state index in [2.05, 4.69) is 0 Å². The summed E-state index contributed by atoms with van der Waals surface area (Å²) in [5, 5.41) is 21.4. The smallest absolute Gasteiger partial charge is 0.336 e. The molecule has 0 aliphatic rings. The van der Waals surface area contributed by atoms with Gasteiger partial charge in [0.2, 0.25) is 5.75 Å². The molecule has 0 heterocycles. The average molecular weight is 502 g/mol. The highest BCUT2D eigenvalue weighted by atomic mass is 32.2. The highest BCUT2D eigenvalue weighted by molar-refractivity contribution is 7.98. The van der Waals surface area contributed by atoms with Gasteiger partial charge in [0.15, 0.2) is 0 Å². The molecular weight excluding hydrogens is 481 g/mol. The van der Waals surface area contributed by atoms with Crippen LogP contribution < -0.4 is 4.74 Å². The van der Waals surface area contributed by atoms with Crippen molar-refractivity contribution in [1.82, 2.24) is 0 Å². The van der Waals surface area contributed by atoms with Crippen LogP contribution in [0.15, 0.2) is 89.8 Å². The monoisotopic (exact) mass is 501 g/mol. The van der Waals surface area contributed by atoms with Crippen LogP contribution >= 0.6 is 11.8 Å². The van der Waals surface area contributed by atoms with Crippen molar-refractivity contribution in [2.24, 2.45) is 0 Å². The van der Waals surface area contributed by atoms with E-state index in [0.29, 0.717) is 22.4 Å². The molecule has 0 unspecified atom stereocenters. The first kappa shape index (κ1) is 24.7. The summed E-state index contributed by atoms with van der Waals surface area (Å²) >= 11 is 1.47. The number of rotatable bonds is 8. The van der Waals surface area contributed by atoms with Crippen LogP contribution in [-0.2, 0) is 0 Å². The molecule has 0 amide bonds. The molecule has 6 nitrogen and oxygen atoms in total. The summed E-state index contributed by atoms with van der Waals surface area (Å²) < 4.78 is 19.1. The van der Waals surface area contributed by atoms with E-state index >= 15 is 0 Å². The van der Waals surface area contributed by atoms with Crippen molar-refractivity contribution in [1.29, 1.82) is 0 Å². The molecule has 4 aromatic carbocycles. The standard InChI is InChI=1S/C28H20FNO5S/c1-36-27-5-3-2-4-26(27)35-25-15-7-18(16-24(25)30(33)34)6-8-21-17-20(11-14-23(21)28(31)32)19-9-12-22(29)13-10-19/h2-17H,1H3,(H,31,32)/b8-6+. The van der Waals surface area contributed by atoms with Gasteiger partial charge in [-0.3, -0.25) is 10.1 Å². The Bertz CT molecular complexity index is 1470. The molecule has 8 heteroatoms. The zero-order valence-electron chi connectivity index (χ0n) is 19.1. The van der Waals surface area contributed by atoms with Gasteiger partial charge in [-0.05, 0) is 71.0 Å². The number of hydrogen-bond donors (Lipinski definition) is 1. The lowest BCUT2D eigenvalue weighted by molar-refractivity contribution is -0.385. The number of nitrogens with zero attached hydrogens (tertiary/aromatic N) is 1. The van der Waals surface area contributed by atoms with Gasteiger partial charge in [-0.25, -0.2) is 9.18 Å². The van der Waals surface area contributed by atoms with Crippen molar-refractivity contribution in [3.8, 4) is 22.6 Å². The Balaban J connectivity index is 1.68. The normalized spacial score (nSPS) is 10.9. The van der Waals surface area contributed by atoms with Crippen molar-refractivity contribution in [3.05, 3.63) is 118 Å². The molecule has 0 bridgehead atoms. The Morgan fingerprint density at radius 1 is 0.944 bits per heavy atom. The minimum Gasteiger partial charge on any atom is -0.478 e. The second kappa shape index (κ2) is 10.9. The Hall–Kier alpha value is -4.43. The van der Waals surface area contributed by atoms with Crippen molar-refractivity contribution < 1.29 is 24.0 Å². The van der Waals surface area contributed by atoms with Crippen LogP contribution in [-0.4, -0.2) is 22.3 Å². The van der Waals surface area contributed by atoms with Crippen LogP contribution in [0.1, 0.15) is 21.5 Å². The summed E-state index contributed by atoms with van der Waals surface area (Å²) in [7, 11) is 0. The van der Waals surface area contributed by atoms with Gasteiger partial charge in [0, 0.05) is 11.0 Å². The zero-order valence-corrected chi connectivity index (χ0v) is 19.9. The minimum atomic E-state index is -1.11. The number of para-hydroxylation sites is 1. The van der Waals surface area contributed by atoms with Gasteiger partial charge in [-0.2, -0.15) is 0 Å². The largest absolute Gasteiger partial charge is 0.478 e. The van der Waals surface area contributed by atoms with E-state index in [4.69, 9.17) is 4.74 Å². The number of thioether (sulfide) groups is 1. The summed E-state index contributed by atoms with van der Waals surface area (Å²) in [6.45, 7) is 0. The van der Waals surface area contributed by atoms with Crippen molar-refractivity contribution in [2.45, 2.75) is 4.90 Å². The van der Waals surface area contributed by atoms with Crippen LogP contribution in [0.25, 0.3) is 23.3 Å². The topological polar surface area (TPSA) is 89.7 Å². The second-order valence-corrected chi connectivity index (χ2v) is 8.53. The van der Waals surface area contributed by atoms with E-state index in [1.165, 1.54) is 42.1 Å². The Kier molecular flexibility index (Phi) is 7.46. The number of ether oxygens (including phenoxy) is 1. The van der Waals surface area contributed by atoms with E-state index in [-0.39, 0.29) is 22.8 Å². The number of nitro benzene ring substituents is 1. The Morgan fingerprint density at radius 2 is 1.67 bits per heavy atom. The van der Waals surface area contributed by atoms with E-state index in [9.17, 15) is 24.4 Å². The third-order valence-electron chi connectivity index (χ3n) is 5.38. The highest BCUT2D eigenvalue weighted by Gasteiger charge is 2.18. The summed E-state index contributed by atoms with van der Waals surface area (Å²) in [4.78, 5) is 23.8. The quantitative estimate of drug-likeness (QED) is 0.115. The first-order valence-corrected chi connectivity index (χ1v) is 12.0. The molecule has 180 valence electrons. The van der Waals surface area contributed by atoms with Gasteiger partial charge in [0.25, 0.3) is 0 Å². The van der Waals surface area contributed by atoms with Gasteiger partial charge < -0.3 is 9.84 Å². The molecule has 0 fully saturated rings. The fourth-order valence-corrected chi connectivity index (χ4v) is 4.12. The van der Waals surface area contributed by atoms with Crippen LogP contribution in [0.3, 0.4) is 0 Å². The summed E-state index contributed by atoms with van der Waals surface area (Å²) in [6.07, 6.45) is 5.07. The van der Waals surface area contributed by atoms with Gasteiger partial charge in [-0.15, -0.1) is 11.8 Å².